The van der Waals surface area contributed by atoms with Crippen LogP contribution in [-0.4, -0.2) is 59.0 Å². The molecular weight excluding hydrogens is 482 g/mol. The average molecular weight is 512 g/mol. The van der Waals surface area contributed by atoms with Crippen LogP contribution in [0.4, 0.5) is 0 Å². The largest absolute Gasteiger partial charge is 0.489 e. The second kappa shape index (κ2) is 11.7. The van der Waals surface area contributed by atoms with Crippen molar-refractivity contribution in [3.05, 3.63) is 95.2 Å². The fourth-order valence-corrected chi connectivity index (χ4v) is 6.20. The van der Waals surface area contributed by atoms with Crippen molar-refractivity contribution >= 4 is 21.5 Å². The third-order valence-electron chi connectivity index (χ3n) is 6.08. The van der Waals surface area contributed by atoms with E-state index in [4.69, 9.17) is 9.15 Å². The highest BCUT2D eigenvalue weighted by atomic mass is 32.2. The molecule has 1 aliphatic rings. The Kier molecular flexibility index (Phi) is 8.37. The third kappa shape index (κ3) is 6.11. The first-order valence-electron chi connectivity index (χ1n) is 11.6. The molecule has 0 aliphatic carbocycles. The molecule has 0 radical (unpaired) electrons. The summed E-state index contributed by atoms with van der Waals surface area (Å²) in [4.78, 5) is 4.40. The van der Waals surface area contributed by atoms with Gasteiger partial charge in [0.05, 0.1) is 24.2 Å². The molecule has 0 bridgehead atoms. The first kappa shape index (κ1) is 25.8. The Bertz CT molecular complexity index is 1310. The average Bonchev–Trinajstić information content (AvgIpc) is 3.46. The number of aliphatic hydroxyl groups is 3. The standard InChI is InChI=1S/C27H29NO7S/c29-15-23-11-10-22(35-23)14-19(24-8-4-5-13-28-24)9-12-25(31)27-20(18-36(32,33)26(27)16-30)17-34-21-6-2-1-3-7-21/h1-8,10-11,13-14,25-26,29-31H,9,12,15-18H2/b19-14-/t25-,26+/m1/s1. The lowest BCUT2D eigenvalue weighted by Gasteiger charge is -2.20. The Balaban J connectivity index is 1.57. The van der Waals surface area contributed by atoms with Gasteiger partial charge in [-0.05, 0) is 72.0 Å². The van der Waals surface area contributed by atoms with Gasteiger partial charge in [-0.2, -0.15) is 0 Å². The molecule has 36 heavy (non-hydrogen) atoms. The lowest BCUT2D eigenvalue weighted by Crippen LogP contribution is -2.29. The molecule has 0 fully saturated rings. The second-order valence-corrected chi connectivity index (χ2v) is 10.7. The van der Waals surface area contributed by atoms with Gasteiger partial charge in [0.15, 0.2) is 9.84 Å². The first-order chi connectivity index (χ1) is 17.4. The Hall–Kier alpha value is -3.24. The molecule has 0 unspecified atom stereocenters. The van der Waals surface area contributed by atoms with E-state index in [1.54, 1.807) is 42.6 Å². The summed E-state index contributed by atoms with van der Waals surface area (Å²) < 4.78 is 36.8. The van der Waals surface area contributed by atoms with Gasteiger partial charge in [0.2, 0.25) is 0 Å². The summed E-state index contributed by atoms with van der Waals surface area (Å²) in [5.74, 6) is 1.28. The summed E-state index contributed by atoms with van der Waals surface area (Å²) in [6, 6.07) is 17.9. The van der Waals surface area contributed by atoms with Crippen LogP contribution in [0.5, 0.6) is 5.75 Å². The molecule has 1 aromatic carbocycles. The molecule has 8 nitrogen and oxygen atoms in total. The third-order valence-corrected chi connectivity index (χ3v) is 8.10. The molecule has 3 aromatic rings. The first-order valence-corrected chi connectivity index (χ1v) is 13.3. The number of allylic oxidation sites excluding steroid dienone is 1. The van der Waals surface area contributed by atoms with Crippen LogP contribution in [0.15, 0.2) is 82.4 Å². The van der Waals surface area contributed by atoms with Gasteiger partial charge in [-0.25, -0.2) is 8.42 Å². The molecule has 0 amide bonds. The van der Waals surface area contributed by atoms with Crippen LogP contribution in [0.2, 0.25) is 0 Å². The Morgan fingerprint density at radius 3 is 2.56 bits per heavy atom. The molecule has 0 spiro atoms. The van der Waals surface area contributed by atoms with Crippen LogP contribution in [0.25, 0.3) is 11.6 Å². The molecule has 1 aliphatic heterocycles. The van der Waals surface area contributed by atoms with Gasteiger partial charge in [-0.1, -0.05) is 24.3 Å². The van der Waals surface area contributed by atoms with Crippen LogP contribution in [-0.2, 0) is 16.4 Å². The quantitative estimate of drug-likeness (QED) is 0.335. The minimum Gasteiger partial charge on any atom is -0.489 e. The predicted molar refractivity (Wildman–Crippen MR) is 136 cm³/mol. The highest BCUT2D eigenvalue weighted by Gasteiger charge is 2.41. The molecule has 0 saturated heterocycles. The van der Waals surface area contributed by atoms with Gasteiger partial charge in [0.1, 0.15) is 35.7 Å². The van der Waals surface area contributed by atoms with Gasteiger partial charge >= 0.3 is 0 Å². The van der Waals surface area contributed by atoms with Crippen LogP contribution in [0.1, 0.15) is 30.1 Å². The molecule has 2 atom stereocenters. The number of sulfone groups is 1. The van der Waals surface area contributed by atoms with Crippen LogP contribution in [0.3, 0.4) is 0 Å². The summed E-state index contributed by atoms with van der Waals surface area (Å²) in [6.45, 7) is -0.821. The Morgan fingerprint density at radius 2 is 1.89 bits per heavy atom. The number of aromatic nitrogens is 1. The maximum atomic E-state index is 12.7. The van der Waals surface area contributed by atoms with Crippen molar-refractivity contribution in [1.29, 1.82) is 0 Å². The Labute approximate surface area is 210 Å². The molecule has 4 rings (SSSR count). The summed E-state index contributed by atoms with van der Waals surface area (Å²) in [5, 5.41) is 29.2. The maximum absolute atomic E-state index is 12.7. The second-order valence-electron chi connectivity index (χ2n) is 8.54. The minimum atomic E-state index is -3.65. The van der Waals surface area contributed by atoms with Gasteiger partial charge in [0.25, 0.3) is 0 Å². The molecule has 0 saturated carbocycles. The van der Waals surface area contributed by atoms with Gasteiger partial charge in [-0.3, -0.25) is 4.98 Å². The maximum Gasteiger partial charge on any atom is 0.163 e. The molecular formula is C27H29NO7S. The van der Waals surface area contributed by atoms with Gasteiger partial charge in [-0.15, -0.1) is 0 Å². The van der Waals surface area contributed by atoms with E-state index in [1.165, 1.54) is 0 Å². The number of furan rings is 1. The molecule has 190 valence electrons. The lowest BCUT2D eigenvalue weighted by molar-refractivity contribution is 0.188. The monoisotopic (exact) mass is 511 g/mol. The number of nitrogens with zero attached hydrogens (tertiary/aromatic N) is 1. The topological polar surface area (TPSA) is 130 Å². The molecule has 9 heteroatoms. The predicted octanol–water partition coefficient (Wildman–Crippen LogP) is 3.01. The molecule has 3 N–H and O–H groups in total. The zero-order valence-corrected chi connectivity index (χ0v) is 20.5. The molecule has 3 heterocycles. The number of hydrogen-bond acceptors (Lipinski definition) is 8. The summed E-state index contributed by atoms with van der Waals surface area (Å²) >= 11 is 0. The number of benzene rings is 1. The van der Waals surface area contributed by atoms with E-state index in [9.17, 15) is 23.7 Å². The zero-order chi connectivity index (χ0) is 25.5. The summed E-state index contributed by atoms with van der Waals surface area (Å²) in [5.41, 5.74) is 2.23. The van der Waals surface area contributed by atoms with E-state index < -0.39 is 27.8 Å². The van der Waals surface area contributed by atoms with E-state index in [0.717, 1.165) is 5.57 Å². The van der Waals surface area contributed by atoms with Crippen molar-refractivity contribution in [3.63, 3.8) is 0 Å². The highest BCUT2D eigenvalue weighted by molar-refractivity contribution is 7.92. The number of para-hydroxylation sites is 1. The zero-order valence-electron chi connectivity index (χ0n) is 19.7. The van der Waals surface area contributed by atoms with Crippen molar-refractivity contribution in [2.24, 2.45) is 0 Å². The number of pyridine rings is 1. The molecule has 2 aromatic heterocycles. The number of rotatable bonds is 11. The highest BCUT2D eigenvalue weighted by Crippen LogP contribution is 2.33. The lowest BCUT2D eigenvalue weighted by atomic mass is 9.94. The number of aliphatic hydroxyl groups excluding tert-OH is 3. The number of hydrogen-bond donors (Lipinski definition) is 3. The Morgan fingerprint density at radius 1 is 1.11 bits per heavy atom. The van der Waals surface area contributed by atoms with Crippen molar-refractivity contribution in [3.8, 4) is 5.75 Å². The summed E-state index contributed by atoms with van der Waals surface area (Å²) in [7, 11) is -3.65. The van der Waals surface area contributed by atoms with Crippen molar-refractivity contribution in [1.82, 2.24) is 4.98 Å². The summed E-state index contributed by atoms with van der Waals surface area (Å²) in [6.07, 6.45) is 2.91. The fourth-order valence-electron chi connectivity index (χ4n) is 4.33. The van der Waals surface area contributed by atoms with Crippen LogP contribution < -0.4 is 4.74 Å². The fraction of sp³-hybridized carbons (Fsp3) is 0.296. The van der Waals surface area contributed by atoms with E-state index in [0.29, 0.717) is 40.5 Å². The van der Waals surface area contributed by atoms with Crippen LogP contribution >= 0.6 is 0 Å². The van der Waals surface area contributed by atoms with Crippen molar-refractivity contribution in [2.45, 2.75) is 30.8 Å². The SMILES string of the molecule is O=S1(=O)CC(COc2ccccc2)=C([C@H](O)CC/C(=C/c2ccc(CO)o2)c2ccccn2)[C@@H]1CO. The number of ether oxygens (including phenoxy) is 1. The van der Waals surface area contributed by atoms with Crippen LogP contribution in [0, 0.1) is 0 Å². The van der Waals surface area contributed by atoms with E-state index in [2.05, 4.69) is 4.98 Å². The smallest absolute Gasteiger partial charge is 0.163 e. The van der Waals surface area contributed by atoms with E-state index in [1.807, 2.05) is 30.3 Å². The van der Waals surface area contributed by atoms with Gasteiger partial charge in [0, 0.05) is 6.20 Å². The normalized spacial score (nSPS) is 18.4. The van der Waals surface area contributed by atoms with Crippen molar-refractivity contribution < 1.29 is 32.9 Å². The van der Waals surface area contributed by atoms with Gasteiger partial charge < -0.3 is 24.5 Å². The van der Waals surface area contributed by atoms with E-state index in [-0.39, 0.29) is 25.4 Å². The van der Waals surface area contributed by atoms with Crippen molar-refractivity contribution in [2.75, 3.05) is 19.0 Å². The van der Waals surface area contributed by atoms with E-state index >= 15 is 0 Å². The minimum absolute atomic E-state index is 0.00536.